The summed E-state index contributed by atoms with van der Waals surface area (Å²) in [6.07, 6.45) is 5.30. The number of hydrogen-bond acceptors (Lipinski definition) is 6. The molecule has 27 heavy (non-hydrogen) atoms. The third-order valence-corrected chi connectivity index (χ3v) is 4.54. The number of nitrogens with one attached hydrogen (secondary N) is 2. The van der Waals surface area contributed by atoms with E-state index >= 15 is 0 Å². The standard InChI is InChI=1S/C19H20N4O4/c1-12(13-3-5-14(6-4-13)17(25)27-2)22-18(26)19(7-8-19)23-16(24)15-9-20-11-21-10-15/h3-6,9-12H,7-8H2,1-2H3,(H,22,26)(H,23,24)/t12-/m1/s1. The lowest BCUT2D eigenvalue weighted by Crippen LogP contribution is -2.49. The van der Waals surface area contributed by atoms with Crippen LogP contribution in [-0.2, 0) is 9.53 Å². The van der Waals surface area contributed by atoms with Crippen molar-refractivity contribution in [3.8, 4) is 0 Å². The van der Waals surface area contributed by atoms with Crippen molar-refractivity contribution in [1.82, 2.24) is 20.6 Å². The predicted molar refractivity (Wildman–Crippen MR) is 95.8 cm³/mol. The molecule has 0 bridgehead atoms. The second kappa shape index (κ2) is 7.53. The largest absolute Gasteiger partial charge is 0.465 e. The molecule has 2 N–H and O–H groups in total. The molecule has 2 aromatic rings. The van der Waals surface area contributed by atoms with Crippen molar-refractivity contribution in [2.24, 2.45) is 0 Å². The van der Waals surface area contributed by atoms with Crippen LogP contribution in [0.4, 0.5) is 0 Å². The van der Waals surface area contributed by atoms with Crippen LogP contribution in [0.2, 0.25) is 0 Å². The van der Waals surface area contributed by atoms with Crippen LogP contribution in [0.1, 0.15) is 52.1 Å². The first kappa shape index (κ1) is 18.5. The van der Waals surface area contributed by atoms with Gasteiger partial charge in [0.2, 0.25) is 5.91 Å². The first-order chi connectivity index (χ1) is 12.9. The summed E-state index contributed by atoms with van der Waals surface area (Å²) in [5, 5.41) is 5.70. The van der Waals surface area contributed by atoms with E-state index in [9.17, 15) is 14.4 Å². The summed E-state index contributed by atoms with van der Waals surface area (Å²) < 4.78 is 4.67. The monoisotopic (exact) mass is 368 g/mol. The van der Waals surface area contributed by atoms with E-state index in [0.29, 0.717) is 24.0 Å². The highest BCUT2D eigenvalue weighted by atomic mass is 16.5. The van der Waals surface area contributed by atoms with Crippen molar-refractivity contribution in [2.75, 3.05) is 7.11 Å². The minimum atomic E-state index is -0.896. The van der Waals surface area contributed by atoms with Gasteiger partial charge in [0.1, 0.15) is 11.9 Å². The van der Waals surface area contributed by atoms with E-state index in [1.54, 1.807) is 24.3 Å². The van der Waals surface area contributed by atoms with Crippen molar-refractivity contribution in [1.29, 1.82) is 0 Å². The number of carbonyl (C=O) groups excluding carboxylic acids is 3. The number of esters is 1. The number of benzene rings is 1. The molecule has 3 rings (SSSR count). The van der Waals surface area contributed by atoms with Gasteiger partial charge in [0, 0.05) is 12.4 Å². The lowest BCUT2D eigenvalue weighted by Gasteiger charge is -2.21. The first-order valence-electron chi connectivity index (χ1n) is 8.52. The Morgan fingerprint density at radius 2 is 1.70 bits per heavy atom. The zero-order chi connectivity index (χ0) is 19.4. The zero-order valence-electron chi connectivity index (χ0n) is 15.1. The molecule has 1 aliphatic rings. The van der Waals surface area contributed by atoms with E-state index in [-0.39, 0.29) is 17.9 Å². The first-order valence-corrected chi connectivity index (χ1v) is 8.52. The topological polar surface area (TPSA) is 110 Å². The Morgan fingerprint density at radius 1 is 1.07 bits per heavy atom. The van der Waals surface area contributed by atoms with Gasteiger partial charge in [0.15, 0.2) is 0 Å². The maximum atomic E-state index is 12.7. The summed E-state index contributed by atoms with van der Waals surface area (Å²) in [5.74, 6) is -1.03. The van der Waals surface area contributed by atoms with Crippen molar-refractivity contribution < 1.29 is 19.1 Å². The van der Waals surface area contributed by atoms with Gasteiger partial charge in [-0.05, 0) is 37.5 Å². The average molecular weight is 368 g/mol. The number of rotatable bonds is 6. The number of carbonyl (C=O) groups is 3. The maximum Gasteiger partial charge on any atom is 0.337 e. The molecule has 140 valence electrons. The normalized spacial score (nSPS) is 15.3. The van der Waals surface area contributed by atoms with Gasteiger partial charge in [0.25, 0.3) is 5.91 Å². The number of nitrogens with zero attached hydrogens (tertiary/aromatic N) is 2. The molecule has 2 amide bonds. The van der Waals surface area contributed by atoms with Crippen LogP contribution in [0.15, 0.2) is 43.0 Å². The Bertz CT molecular complexity index is 848. The smallest absolute Gasteiger partial charge is 0.337 e. The fraction of sp³-hybridized carbons (Fsp3) is 0.316. The van der Waals surface area contributed by atoms with Crippen molar-refractivity contribution in [3.05, 3.63) is 59.7 Å². The van der Waals surface area contributed by atoms with Gasteiger partial charge in [0.05, 0.1) is 24.3 Å². The predicted octanol–water partition coefficient (Wildman–Crippen LogP) is 1.40. The fourth-order valence-electron chi connectivity index (χ4n) is 2.68. The van der Waals surface area contributed by atoms with E-state index in [4.69, 9.17) is 0 Å². The second-order valence-electron chi connectivity index (χ2n) is 6.47. The van der Waals surface area contributed by atoms with Crippen molar-refractivity contribution in [3.63, 3.8) is 0 Å². The van der Waals surface area contributed by atoms with E-state index in [1.807, 2.05) is 6.92 Å². The molecular weight excluding hydrogens is 348 g/mol. The van der Waals surface area contributed by atoms with E-state index in [0.717, 1.165) is 5.56 Å². The summed E-state index contributed by atoms with van der Waals surface area (Å²) in [4.78, 5) is 44.1. The van der Waals surface area contributed by atoms with Crippen LogP contribution in [-0.4, -0.2) is 40.4 Å². The molecule has 8 nitrogen and oxygen atoms in total. The van der Waals surface area contributed by atoms with E-state index < -0.39 is 11.5 Å². The highest BCUT2D eigenvalue weighted by Gasteiger charge is 2.51. The second-order valence-corrected chi connectivity index (χ2v) is 6.47. The van der Waals surface area contributed by atoms with Crippen LogP contribution in [0.3, 0.4) is 0 Å². The van der Waals surface area contributed by atoms with Crippen LogP contribution in [0.5, 0.6) is 0 Å². The SMILES string of the molecule is COC(=O)c1ccc([C@@H](C)NC(=O)C2(NC(=O)c3cncnc3)CC2)cc1. The number of aromatic nitrogens is 2. The minimum absolute atomic E-state index is 0.239. The highest BCUT2D eigenvalue weighted by Crippen LogP contribution is 2.36. The minimum Gasteiger partial charge on any atom is -0.465 e. The molecule has 0 saturated heterocycles. The van der Waals surface area contributed by atoms with Gasteiger partial charge in [-0.3, -0.25) is 9.59 Å². The highest BCUT2D eigenvalue weighted by molar-refractivity contribution is 6.00. The van der Waals surface area contributed by atoms with Crippen LogP contribution < -0.4 is 10.6 Å². The third-order valence-electron chi connectivity index (χ3n) is 4.54. The Balaban J connectivity index is 1.62. The molecule has 8 heteroatoms. The Kier molecular flexibility index (Phi) is 5.16. The molecule has 1 aromatic heterocycles. The zero-order valence-corrected chi connectivity index (χ0v) is 15.1. The third kappa shape index (κ3) is 4.11. The molecule has 0 aliphatic heterocycles. The van der Waals surface area contributed by atoms with E-state index in [1.165, 1.54) is 25.8 Å². The Morgan fingerprint density at radius 3 is 2.26 bits per heavy atom. The van der Waals surface area contributed by atoms with Crippen LogP contribution in [0, 0.1) is 0 Å². The Labute approximate surface area is 156 Å². The summed E-state index contributed by atoms with van der Waals surface area (Å²) in [5.41, 5.74) is 0.695. The molecule has 0 radical (unpaired) electrons. The van der Waals surface area contributed by atoms with Gasteiger partial charge in [-0.2, -0.15) is 0 Å². The lowest BCUT2D eigenvalue weighted by atomic mass is 10.1. The van der Waals surface area contributed by atoms with Gasteiger partial charge in [-0.1, -0.05) is 12.1 Å². The van der Waals surface area contributed by atoms with Crippen LogP contribution >= 0.6 is 0 Å². The maximum absolute atomic E-state index is 12.7. The van der Waals surface area contributed by atoms with Gasteiger partial charge >= 0.3 is 5.97 Å². The summed E-state index contributed by atoms with van der Waals surface area (Å²) in [7, 11) is 1.32. The van der Waals surface area contributed by atoms with Gasteiger partial charge in [-0.15, -0.1) is 0 Å². The summed E-state index contributed by atoms with van der Waals surface area (Å²) in [6, 6.07) is 6.54. The molecule has 1 aromatic carbocycles. The Hall–Kier alpha value is -3.29. The number of ether oxygens (including phenoxy) is 1. The van der Waals surface area contributed by atoms with Gasteiger partial charge in [-0.25, -0.2) is 14.8 Å². The van der Waals surface area contributed by atoms with Crippen LogP contribution in [0.25, 0.3) is 0 Å². The number of hydrogen-bond donors (Lipinski definition) is 2. The fourth-order valence-corrected chi connectivity index (χ4v) is 2.68. The molecule has 1 fully saturated rings. The summed E-state index contributed by atoms with van der Waals surface area (Å²) in [6.45, 7) is 1.84. The van der Waals surface area contributed by atoms with Gasteiger partial charge < -0.3 is 15.4 Å². The average Bonchev–Trinajstić information content (AvgIpc) is 3.48. The van der Waals surface area contributed by atoms with Crippen molar-refractivity contribution >= 4 is 17.8 Å². The number of methoxy groups -OCH3 is 1. The number of amides is 2. The van der Waals surface area contributed by atoms with E-state index in [2.05, 4.69) is 25.3 Å². The molecule has 1 saturated carbocycles. The molecule has 1 atom stereocenters. The summed E-state index contributed by atoms with van der Waals surface area (Å²) >= 11 is 0. The molecule has 0 unspecified atom stereocenters. The molecule has 1 heterocycles. The quantitative estimate of drug-likeness (QED) is 0.746. The molecular formula is C19H20N4O4. The molecule has 0 spiro atoms. The van der Waals surface area contributed by atoms with Crippen molar-refractivity contribution in [2.45, 2.75) is 31.3 Å². The molecule has 1 aliphatic carbocycles. The lowest BCUT2D eigenvalue weighted by molar-refractivity contribution is -0.124.